The second kappa shape index (κ2) is 9.11. The van der Waals surface area contributed by atoms with E-state index in [4.69, 9.17) is 16.3 Å². The summed E-state index contributed by atoms with van der Waals surface area (Å²) in [5, 5.41) is 2.26. The summed E-state index contributed by atoms with van der Waals surface area (Å²) in [6.45, 7) is 1.70. The molecule has 0 saturated heterocycles. The van der Waals surface area contributed by atoms with Crippen molar-refractivity contribution in [3.05, 3.63) is 75.2 Å². The third-order valence-electron chi connectivity index (χ3n) is 3.89. The second-order valence-electron chi connectivity index (χ2n) is 6.13. The lowest BCUT2D eigenvalue weighted by Gasteiger charge is -2.15. The van der Waals surface area contributed by atoms with Gasteiger partial charge >= 0.3 is 6.36 Å². The van der Waals surface area contributed by atoms with E-state index in [0.29, 0.717) is 15.9 Å². The average Bonchev–Trinajstić information content (AvgIpc) is 2.68. The van der Waals surface area contributed by atoms with Crippen LogP contribution in [0.2, 0.25) is 5.02 Å². The molecule has 0 unspecified atom stereocenters. The number of halogens is 6. The number of rotatable bonds is 5. The molecule has 31 heavy (non-hydrogen) atoms. The van der Waals surface area contributed by atoms with E-state index in [-0.39, 0.29) is 16.5 Å². The van der Waals surface area contributed by atoms with Gasteiger partial charge in [0.05, 0.1) is 5.02 Å². The number of anilines is 1. The number of nitrogens with one attached hydrogen (secondary N) is 1. The zero-order chi connectivity index (χ0) is 22.8. The first-order valence-corrected chi connectivity index (χ1v) is 9.66. The van der Waals surface area contributed by atoms with Crippen molar-refractivity contribution < 1.29 is 31.8 Å². The van der Waals surface area contributed by atoms with Gasteiger partial charge in [-0.25, -0.2) is 9.37 Å². The Morgan fingerprint density at radius 2 is 1.77 bits per heavy atom. The van der Waals surface area contributed by atoms with Gasteiger partial charge in [-0.05, 0) is 70.9 Å². The van der Waals surface area contributed by atoms with E-state index in [1.165, 1.54) is 36.5 Å². The molecule has 0 atom stereocenters. The number of ether oxygens (including phenoxy) is 2. The molecule has 5 nitrogen and oxygen atoms in total. The van der Waals surface area contributed by atoms with Crippen LogP contribution >= 0.6 is 27.5 Å². The van der Waals surface area contributed by atoms with Crippen LogP contribution in [0, 0.1) is 12.7 Å². The van der Waals surface area contributed by atoms with Crippen LogP contribution in [0.1, 0.15) is 15.9 Å². The minimum atomic E-state index is -4.84. The van der Waals surface area contributed by atoms with Crippen LogP contribution in [-0.2, 0) is 0 Å². The second-order valence-corrected chi connectivity index (χ2v) is 7.35. The number of aromatic nitrogens is 1. The van der Waals surface area contributed by atoms with Crippen LogP contribution < -0.4 is 14.8 Å². The van der Waals surface area contributed by atoms with E-state index in [1.54, 1.807) is 6.92 Å². The summed E-state index contributed by atoms with van der Waals surface area (Å²) in [6, 6.07) is 8.40. The van der Waals surface area contributed by atoms with E-state index in [9.17, 15) is 22.4 Å². The molecule has 3 aromatic rings. The Labute approximate surface area is 187 Å². The van der Waals surface area contributed by atoms with Gasteiger partial charge in [-0.15, -0.1) is 13.2 Å². The zero-order valence-corrected chi connectivity index (χ0v) is 17.9. The number of hydrogen-bond acceptors (Lipinski definition) is 4. The van der Waals surface area contributed by atoms with E-state index in [0.717, 1.165) is 12.1 Å². The van der Waals surface area contributed by atoms with E-state index >= 15 is 0 Å². The van der Waals surface area contributed by atoms with E-state index < -0.39 is 29.4 Å². The Morgan fingerprint density at radius 1 is 1.13 bits per heavy atom. The van der Waals surface area contributed by atoms with Crippen molar-refractivity contribution in [2.75, 3.05) is 5.32 Å². The monoisotopic (exact) mass is 518 g/mol. The maximum atomic E-state index is 14.7. The summed E-state index contributed by atoms with van der Waals surface area (Å²) in [5.41, 5.74) is 0.531. The van der Waals surface area contributed by atoms with Crippen molar-refractivity contribution in [2.24, 2.45) is 0 Å². The minimum Gasteiger partial charge on any atom is -0.456 e. The quantitative estimate of drug-likeness (QED) is 0.295. The molecule has 1 aromatic heterocycles. The summed E-state index contributed by atoms with van der Waals surface area (Å²) in [7, 11) is 0. The molecular formula is C20H12BrClF4N2O3. The molecule has 0 aliphatic rings. The zero-order valence-electron chi connectivity index (χ0n) is 15.6. The first kappa shape index (κ1) is 22.8. The molecular weight excluding hydrogens is 508 g/mol. The first-order valence-electron chi connectivity index (χ1n) is 8.48. The number of benzene rings is 2. The van der Waals surface area contributed by atoms with Gasteiger partial charge in [0.25, 0.3) is 5.91 Å². The molecule has 162 valence electrons. The number of carbonyl (C=O) groups excluding carboxylic acids is 1. The lowest BCUT2D eigenvalue weighted by molar-refractivity contribution is -0.274. The first-order chi connectivity index (χ1) is 14.5. The van der Waals surface area contributed by atoms with Gasteiger partial charge in [-0.1, -0.05) is 11.6 Å². The van der Waals surface area contributed by atoms with E-state index in [1.807, 2.05) is 0 Å². The molecule has 0 bridgehead atoms. The number of pyridine rings is 1. The summed E-state index contributed by atoms with van der Waals surface area (Å²) in [5.74, 6) is -2.45. The van der Waals surface area contributed by atoms with Crippen molar-refractivity contribution in [1.29, 1.82) is 0 Å². The van der Waals surface area contributed by atoms with Gasteiger partial charge in [0.2, 0.25) is 0 Å². The molecule has 1 heterocycles. The molecule has 0 fully saturated rings. The van der Waals surface area contributed by atoms with Crippen LogP contribution in [0.3, 0.4) is 0 Å². The van der Waals surface area contributed by atoms with Crippen molar-refractivity contribution >= 4 is 39.1 Å². The van der Waals surface area contributed by atoms with Gasteiger partial charge in [0.15, 0.2) is 5.82 Å². The predicted molar refractivity (Wildman–Crippen MR) is 109 cm³/mol. The highest BCUT2D eigenvalue weighted by Crippen LogP contribution is 2.33. The maximum absolute atomic E-state index is 14.7. The molecule has 2 aromatic carbocycles. The molecule has 0 aliphatic heterocycles. The lowest BCUT2D eigenvalue weighted by atomic mass is 10.1. The fourth-order valence-electron chi connectivity index (χ4n) is 2.48. The van der Waals surface area contributed by atoms with Gasteiger partial charge in [0, 0.05) is 11.9 Å². The predicted octanol–water partition coefficient (Wildman–Crippen LogP) is 6.89. The van der Waals surface area contributed by atoms with Crippen molar-refractivity contribution in [2.45, 2.75) is 13.3 Å². The number of hydrogen-bond donors (Lipinski definition) is 1. The summed E-state index contributed by atoms with van der Waals surface area (Å²) in [6.07, 6.45) is -3.33. The molecule has 0 spiro atoms. The largest absolute Gasteiger partial charge is 0.573 e. The molecule has 0 saturated carbocycles. The Hall–Kier alpha value is -2.85. The van der Waals surface area contributed by atoms with Gasteiger partial charge < -0.3 is 14.8 Å². The number of carbonyl (C=O) groups is 1. The van der Waals surface area contributed by atoms with Crippen molar-refractivity contribution in [3.8, 4) is 17.2 Å². The third kappa shape index (κ3) is 5.86. The Kier molecular flexibility index (Phi) is 6.71. The van der Waals surface area contributed by atoms with Crippen LogP contribution in [0.15, 0.2) is 53.3 Å². The standard InChI is InChI=1S/C20H12BrClF4N2O3/c1-10-9-27-16(21)8-14(10)28-19(29)17-15(7-6-13(22)18(17)23)30-11-2-4-12(5-3-11)31-20(24,25)26/h2-9H,1H3,(H,27,28,29). The number of aryl methyl sites for hydroxylation is 1. The number of alkyl halides is 3. The van der Waals surface area contributed by atoms with Crippen LogP contribution in [0.25, 0.3) is 0 Å². The Bertz CT molecular complexity index is 1120. The Morgan fingerprint density at radius 3 is 2.42 bits per heavy atom. The number of amides is 1. The fourth-order valence-corrected chi connectivity index (χ4v) is 2.97. The van der Waals surface area contributed by atoms with Crippen molar-refractivity contribution in [3.63, 3.8) is 0 Å². The fraction of sp³-hybridized carbons (Fsp3) is 0.100. The molecule has 0 aliphatic carbocycles. The topological polar surface area (TPSA) is 60.5 Å². The van der Waals surface area contributed by atoms with Crippen LogP contribution in [-0.4, -0.2) is 17.3 Å². The van der Waals surface area contributed by atoms with E-state index in [2.05, 4.69) is 31.0 Å². The maximum Gasteiger partial charge on any atom is 0.573 e. The summed E-state index contributed by atoms with van der Waals surface area (Å²) < 4.78 is 61.3. The lowest BCUT2D eigenvalue weighted by Crippen LogP contribution is -2.17. The Balaban J connectivity index is 1.89. The SMILES string of the molecule is Cc1cnc(Br)cc1NC(=O)c1c(Oc2ccc(OC(F)(F)F)cc2)ccc(Cl)c1F. The van der Waals surface area contributed by atoms with Crippen LogP contribution in [0.5, 0.6) is 17.2 Å². The number of nitrogens with zero attached hydrogens (tertiary/aromatic N) is 1. The molecule has 1 N–H and O–H groups in total. The highest BCUT2D eigenvalue weighted by Gasteiger charge is 2.31. The van der Waals surface area contributed by atoms with Gasteiger partial charge in [0.1, 0.15) is 27.4 Å². The molecule has 1 amide bonds. The molecule has 11 heteroatoms. The summed E-state index contributed by atoms with van der Waals surface area (Å²) in [4.78, 5) is 16.8. The van der Waals surface area contributed by atoms with Gasteiger partial charge in [-0.2, -0.15) is 0 Å². The minimum absolute atomic E-state index is 0.0492. The van der Waals surface area contributed by atoms with Crippen molar-refractivity contribution in [1.82, 2.24) is 4.98 Å². The smallest absolute Gasteiger partial charge is 0.456 e. The highest BCUT2D eigenvalue weighted by molar-refractivity contribution is 9.10. The summed E-state index contributed by atoms with van der Waals surface area (Å²) >= 11 is 9.01. The molecule has 3 rings (SSSR count). The highest BCUT2D eigenvalue weighted by atomic mass is 79.9. The van der Waals surface area contributed by atoms with Gasteiger partial charge in [-0.3, -0.25) is 4.79 Å². The normalized spacial score (nSPS) is 11.2. The third-order valence-corrected chi connectivity index (χ3v) is 4.61. The van der Waals surface area contributed by atoms with Crippen LogP contribution in [0.4, 0.5) is 23.2 Å². The molecule has 0 radical (unpaired) electrons. The average molecular weight is 520 g/mol.